The van der Waals surface area contributed by atoms with E-state index in [1.54, 1.807) is 32.2 Å². The summed E-state index contributed by atoms with van der Waals surface area (Å²) in [4.78, 5) is 14.1. The third-order valence-corrected chi connectivity index (χ3v) is 4.12. The maximum atomic E-state index is 13.4. The molecule has 1 heterocycles. The van der Waals surface area contributed by atoms with Gasteiger partial charge in [-0.15, -0.1) is 0 Å². The second kappa shape index (κ2) is 6.47. The molecule has 2 aromatic rings. The van der Waals surface area contributed by atoms with Gasteiger partial charge in [-0.3, -0.25) is 4.79 Å². The van der Waals surface area contributed by atoms with Crippen molar-refractivity contribution < 1.29 is 23.0 Å². The largest absolute Gasteiger partial charge is 0.486 e. The minimum Gasteiger partial charge on any atom is -0.486 e. The van der Waals surface area contributed by atoms with Crippen LogP contribution in [-0.2, 0) is 0 Å². The highest BCUT2D eigenvalue weighted by molar-refractivity contribution is 5.95. The Labute approximate surface area is 138 Å². The van der Waals surface area contributed by atoms with E-state index < -0.39 is 17.7 Å². The van der Waals surface area contributed by atoms with Gasteiger partial charge in [-0.25, -0.2) is 8.78 Å². The van der Waals surface area contributed by atoms with Crippen molar-refractivity contribution in [1.29, 1.82) is 0 Å². The first-order valence-corrected chi connectivity index (χ1v) is 7.59. The van der Waals surface area contributed by atoms with Gasteiger partial charge in [0.1, 0.15) is 13.2 Å². The van der Waals surface area contributed by atoms with Crippen molar-refractivity contribution in [2.45, 2.75) is 13.0 Å². The lowest BCUT2D eigenvalue weighted by atomic mass is 10.1. The van der Waals surface area contributed by atoms with E-state index in [2.05, 4.69) is 0 Å². The molecule has 3 rings (SSSR count). The zero-order chi connectivity index (χ0) is 17.3. The average molecular weight is 333 g/mol. The van der Waals surface area contributed by atoms with Gasteiger partial charge in [0.15, 0.2) is 23.1 Å². The van der Waals surface area contributed by atoms with E-state index in [1.807, 2.05) is 0 Å². The van der Waals surface area contributed by atoms with Crippen molar-refractivity contribution in [3.63, 3.8) is 0 Å². The number of halogens is 2. The quantitative estimate of drug-likeness (QED) is 0.862. The van der Waals surface area contributed by atoms with Crippen LogP contribution in [0, 0.1) is 11.6 Å². The summed E-state index contributed by atoms with van der Waals surface area (Å²) in [5.41, 5.74) is 0.957. The van der Waals surface area contributed by atoms with Crippen LogP contribution in [0.3, 0.4) is 0 Å². The summed E-state index contributed by atoms with van der Waals surface area (Å²) < 4.78 is 37.4. The molecular weight excluding hydrogens is 316 g/mol. The first-order chi connectivity index (χ1) is 11.5. The fraction of sp³-hybridized carbons (Fsp3) is 0.278. The SMILES string of the molecule is CC(c1ccc(F)c(F)c1)N(C)C(=O)c1ccc2c(c1)OCCO2. The molecule has 1 aliphatic rings. The first-order valence-electron chi connectivity index (χ1n) is 7.59. The van der Waals surface area contributed by atoms with Gasteiger partial charge in [-0.05, 0) is 42.8 Å². The molecule has 2 aromatic carbocycles. The van der Waals surface area contributed by atoms with Gasteiger partial charge in [-0.1, -0.05) is 6.07 Å². The van der Waals surface area contributed by atoms with Gasteiger partial charge in [0.25, 0.3) is 5.91 Å². The number of carbonyl (C=O) groups is 1. The molecule has 0 radical (unpaired) electrons. The van der Waals surface area contributed by atoms with Crippen molar-refractivity contribution in [2.24, 2.45) is 0 Å². The highest BCUT2D eigenvalue weighted by atomic mass is 19.2. The fourth-order valence-corrected chi connectivity index (χ4v) is 2.55. The molecule has 1 atom stereocenters. The summed E-state index contributed by atoms with van der Waals surface area (Å²) in [6.07, 6.45) is 0. The average Bonchev–Trinajstić information content (AvgIpc) is 2.61. The maximum Gasteiger partial charge on any atom is 0.254 e. The minimum absolute atomic E-state index is 0.246. The molecule has 1 amide bonds. The lowest BCUT2D eigenvalue weighted by Crippen LogP contribution is -2.30. The Kier molecular flexibility index (Phi) is 4.38. The van der Waals surface area contributed by atoms with Crippen LogP contribution < -0.4 is 9.47 Å². The van der Waals surface area contributed by atoms with Crippen LogP contribution in [0.15, 0.2) is 36.4 Å². The molecule has 0 aromatic heterocycles. The molecule has 1 unspecified atom stereocenters. The van der Waals surface area contributed by atoms with Crippen molar-refractivity contribution in [3.8, 4) is 11.5 Å². The van der Waals surface area contributed by atoms with Gasteiger partial charge in [0.05, 0.1) is 6.04 Å². The van der Waals surface area contributed by atoms with Gasteiger partial charge < -0.3 is 14.4 Å². The van der Waals surface area contributed by atoms with E-state index in [0.717, 1.165) is 12.1 Å². The zero-order valence-corrected chi connectivity index (χ0v) is 13.4. The number of rotatable bonds is 3. The molecule has 24 heavy (non-hydrogen) atoms. The number of carbonyl (C=O) groups excluding carboxylic acids is 1. The molecule has 4 nitrogen and oxygen atoms in total. The van der Waals surface area contributed by atoms with Crippen molar-refractivity contribution >= 4 is 5.91 Å². The van der Waals surface area contributed by atoms with Crippen molar-refractivity contribution in [1.82, 2.24) is 4.90 Å². The molecule has 0 saturated carbocycles. The summed E-state index contributed by atoms with van der Waals surface area (Å²) in [5.74, 6) is -0.953. The highest BCUT2D eigenvalue weighted by Gasteiger charge is 2.22. The van der Waals surface area contributed by atoms with E-state index in [4.69, 9.17) is 9.47 Å². The van der Waals surface area contributed by atoms with E-state index >= 15 is 0 Å². The topological polar surface area (TPSA) is 38.8 Å². The van der Waals surface area contributed by atoms with E-state index in [9.17, 15) is 13.6 Å². The molecule has 0 spiro atoms. The van der Waals surface area contributed by atoms with E-state index in [1.165, 1.54) is 11.0 Å². The molecule has 6 heteroatoms. The van der Waals surface area contributed by atoms with Crippen LogP contribution in [0.1, 0.15) is 28.9 Å². The number of hydrogen-bond acceptors (Lipinski definition) is 3. The number of ether oxygens (including phenoxy) is 2. The van der Waals surface area contributed by atoms with Gasteiger partial charge in [0.2, 0.25) is 0 Å². The van der Waals surface area contributed by atoms with Crippen LogP contribution in [-0.4, -0.2) is 31.1 Å². The molecule has 1 aliphatic heterocycles. The van der Waals surface area contributed by atoms with Gasteiger partial charge in [0, 0.05) is 12.6 Å². The smallest absolute Gasteiger partial charge is 0.254 e. The lowest BCUT2D eigenvalue weighted by Gasteiger charge is -2.26. The second-order valence-corrected chi connectivity index (χ2v) is 5.62. The lowest BCUT2D eigenvalue weighted by molar-refractivity contribution is 0.0741. The normalized spacial score (nSPS) is 14.2. The number of amides is 1. The summed E-state index contributed by atoms with van der Waals surface area (Å²) in [6, 6.07) is 8.20. The second-order valence-electron chi connectivity index (χ2n) is 5.62. The first kappa shape index (κ1) is 16.2. The van der Waals surface area contributed by atoms with Crippen LogP contribution in [0.5, 0.6) is 11.5 Å². The molecule has 0 aliphatic carbocycles. The van der Waals surface area contributed by atoms with Gasteiger partial charge in [-0.2, -0.15) is 0 Å². The maximum absolute atomic E-state index is 13.4. The predicted molar refractivity (Wildman–Crippen MR) is 84.3 cm³/mol. The Morgan fingerprint density at radius 2 is 1.75 bits per heavy atom. The summed E-state index contributed by atoms with van der Waals surface area (Å²) in [6.45, 7) is 2.67. The number of nitrogens with zero attached hydrogens (tertiary/aromatic N) is 1. The Hall–Kier alpha value is -2.63. The number of hydrogen-bond donors (Lipinski definition) is 0. The summed E-state index contributed by atoms with van der Waals surface area (Å²) in [5, 5.41) is 0. The Bertz CT molecular complexity index is 779. The minimum atomic E-state index is -0.931. The third-order valence-electron chi connectivity index (χ3n) is 4.12. The summed E-state index contributed by atoms with van der Waals surface area (Å²) >= 11 is 0. The number of benzene rings is 2. The van der Waals surface area contributed by atoms with Crippen LogP contribution in [0.2, 0.25) is 0 Å². The van der Waals surface area contributed by atoms with Crippen molar-refractivity contribution in [3.05, 3.63) is 59.2 Å². The molecular formula is C18H17F2NO3. The standard InChI is InChI=1S/C18H17F2NO3/c1-11(12-3-5-14(19)15(20)9-12)21(2)18(22)13-4-6-16-17(10-13)24-8-7-23-16/h3-6,9-11H,7-8H2,1-2H3. The van der Waals surface area contributed by atoms with Gasteiger partial charge >= 0.3 is 0 Å². The fourth-order valence-electron chi connectivity index (χ4n) is 2.55. The third kappa shape index (κ3) is 3.04. The Balaban J connectivity index is 1.82. The van der Waals surface area contributed by atoms with Crippen LogP contribution in [0.25, 0.3) is 0 Å². The molecule has 0 saturated heterocycles. The van der Waals surface area contributed by atoms with Crippen LogP contribution in [0.4, 0.5) is 8.78 Å². The Morgan fingerprint density at radius 3 is 2.46 bits per heavy atom. The predicted octanol–water partition coefficient (Wildman–Crippen LogP) is 3.57. The van der Waals surface area contributed by atoms with Crippen LogP contribution >= 0.6 is 0 Å². The molecule has 0 bridgehead atoms. The van der Waals surface area contributed by atoms with Crippen molar-refractivity contribution in [2.75, 3.05) is 20.3 Å². The monoisotopic (exact) mass is 333 g/mol. The van der Waals surface area contributed by atoms with E-state index in [-0.39, 0.29) is 5.91 Å². The molecule has 0 fully saturated rings. The molecule has 126 valence electrons. The van der Waals surface area contributed by atoms with E-state index in [0.29, 0.717) is 35.8 Å². The Morgan fingerprint density at radius 1 is 1.04 bits per heavy atom. The number of fused-ring (bicyclic) bond motifs is 1. The highest BCUT2D eigenvalue weighted by Crippen LogP contribution is 2.32. The molecule has 0 N–H and O–H groups in total. The summed E-state index contributed by atoms with van der Waals surface area (Å²) in [7, 11) is 1.62. The zero-order valence-electron chi connectivity index (χ0n) is 13.4.